The third kappa shape index (κ3) is 4.04. The lowest BCUT2D eigenvalue weighted by Gasteiger charge is -2.22. The summed E-state index contributed by atoms with van der Waals surface area (Å²) in [5.41, 5.74) is 2.23. The maximum Gasteiger partial charge on any atom is 0.118 e. The van der Waals surface area contributed by atoms with Gasteiger partial charge in [-0.25, -0.2) is 0 Å². The molecule has 5 nitrogen and oxygen atoms in total. The first-order chi connectivity index (χ1) is 10.1. The maximum absolute atomic E-state index is 5.21. The SMILES string of the molecule is CCn1ncc(CN[C@H](c2ccc(OC)cc2)C(C)C)n1. The molecular formula is C16H24N4O. The Labute approximate surface area is 126 Å². The number of benzene rings is 1. The summed E-state index contributed by atoms with van der Waals surface area (Å²) in [6.45, 7) is 7.97. The van der Waals surface area contributed by atoms with E-state index in [1.54, 1.807) is 11.9 Å². The van der Waals surface area contributed by atoms with E-state index in [-0.39, 0.29) is 6.04 Å². The monoisotopic (exact) mass is 288 g/mol. The van der Waals surface area contributed by atoms with Crippen LogP contribution in [0.1, 0.15) is 38.1 Å². The Bertz CT molecular complexity index is 548. The van der Waals surface area contributed by atoms with Gasteiger partial charge >= 0.3 is 0 Å². The molecule has 1 heterocycles. The summed E-state index contributed by atoms with van der Waals surface area (Å²) in [6, 6.07) is 8.50. The molecule has 0 fully saturated rings. The van der Waals surface area contributed by atoms with Crippen molar-refractivity contribution in [2.24, 2.45) is 5.92 Å². The van der Waals surface area contributed by atoms with Crippen molar-refractivity contribution in [1.82, 2.24) is 20.3 Å². The van der Waals surface area contributed by atoms with E-state index in [2.05, 4.69) is 41.5 Å². The van der Waals surface area contributed by atoms with Crippen LogP contribution >= 0.6 is 0 Å². The molecule has 0 aliphatic rings. The van der Waals surface area contributed by atoms with Gasteiger partial charge in [-0.3, -0.25) is 0 Å². The van der Waals surface area contributed by atoms with Gasteiger partial charge < -0.3 is 10.1 Å². The highest BCUT2D eigenvalue weighted by atomic mass is 16.5. The van der Waals surface area contributed by atoms with Crippen molar-refractivity contribution in [3.05, 3.63) is 41.7 Å². The second kappa shape index (κ2) is 7.22. The molecule has 0 spiro atoms. The highest BCUT2D eigenvalue weighted by Crippen LogP contribution is 2.24. The minimum absolute atomic E-state index is 0.280. The van der Waals surface area contributed by atoms with Gasteiger partial charge in [-0.1, -0.05) is 26.0 Å². The first kappa shape index (κ1) is 15.5. The van der Waals surface area contributed by atoms with Gasteiger partial charge in [0.25, 0.3) is 0 Å². The number of hydrogen-bond acceptors (Lipinski definition) is 4. The molecule has 2 rings (SSSR count). The van der Waals surface area contributed by atoms with Gasteiger partial charge in [-0.05, 0) is 30.5 Å². The predicted octanol–water partition coefficient (Wildman–Crippen LogP) is 2.79. The lowest BCUT2D eigenvalue weighted by Crippen LogP contribution is -2.25. The van der Waals surface area contributed by atoms with E-state index in [4.69, 9.17) is 4.74 Å². The molecule has 0 saturated heterocycles. The Kier molecular flexibility index (Phi) is 5.33. The molecular weight excluding hydrogens is 264 g/mol. The maximum atomic E-state index is 5.21. The third-order valence-corrected chi connectivity index (χ3v) is 3.51. The summed E-state index contributed by atoms with van der Waals surface area (Å²) in [7, 11) is 1.68. The molecule has 1 aromatic heterocycles. The van der Waals surface area contributed by atoms with E-state index in [1.165, 1.54) is 5.56 Å². The van der Waals surface area contributed by atoms with Crippen molar-refractivity contribution in [2.75, 3.05) is 7.11 Å². The molecule has 1 atom stereocenters. The molecule has 2 aromatic rings. The van der Waals surface area contributed by atoms with Crippen molar-refractivity contribution in [1.29, 1.82) is 0 Å². The number of aryl methyl sites for hydroxylation is 1. The molecule has 1 aromatic carbocycles. The minimum atomic E-state index is 0.280. The topological polar surface area (TPSA) is 52.0 Å². The summed E-state index contributed by atoms with van der Waals surface area (Å²) >= 11 is 0. The zero-order valence-corrected chi connectivity index (χ0v) is 13.2. The van der Waals surface area contributed by atoms with Crippen LogP contribution in [0.4, 0.5) is 0 Å². The van der Waals surface area contributed by atoms with Gasteiger partial charge in [0.15, 0.2) is 0 Å². The van der Waals surface area contributed by atoms with Gasteiger partial charge in [-0.15, -0.1) is 0 Å². The third-order valence-electron chi connectivity index (χ3n) is 3.51. The lowest BCUT2D eigenvalue weighted by molar-refractivity contribution is 0.402. The van der Waals surface area contributed by atoms with Crippen molar-refractivity contribution >= 4 is 0 Å². The highest BCUT2D eigenvalue weighted by molar-refractivity contribution is 5.29. The number of nitrogens with zero attached hydrogens (tertiary/aromatic N) is 3. The minimum Gasteiger partial charge on any atom is -0.497 e. The van der Waals surface area contributed by atoms with E-state index in [1.807, 2.05) is 25.3 Å². The van der Waals surface area contributed by atoms with Crippen LogP contribution in [-0.4, -0.2) is 22.1 Å². The van der Waals surface area contributed by atoms with Crippen LogP contribution in [0, 0.1) is 5.92 Å². The summed E-state index contributed by atoms with van der Waals surface area (Å²) in [5.74, 6) is 1.37. The number of hydrogen-bond donors (Lipinski definition) is 1. The molecule has 114 valence electrons. The molecule has 5 heteroatoms. The average molecular weight is 288 g/mol. The molecule has 0 amide bonds. The number of ether oxygens (including phenoxy) is 1. The predicted molar refractivity (Wildman–Crippen MR) is 83.1 cm³/mol. The van der Waals surface area contributed by atoms with E-state index in [0.29, 0.717) is 5.92 Å². The van der Waals surface area contributed by atoms with Gasteiger partial charge in [0.2, 0.25) is 0 Å². The van der Waals surface area contributed by atoms with Crippen LogP contribution in [0.25, 0.3) is 0 Å². The van der Waals surface area contributed by atoms with Crippen molar-refractivity contribution < 1.29 is 4.74 Å². The fraction of sp³-hybridized carbons (Fsp3) is 0.500. The van der Waals surface area contributed by atoms with Gasteiger partial charge in [0.05, 0.1) is 25.5 Å². The molecule has 0 unspecified atom stereocenters. The van der Waals surface area contributed by atoms with Crippen molar-refractivity contribution in [3.8, 4) is 5.75 Å². The molecule has 21 heavy (non-hydrogen) atoms. The number of aromatic nitrogens is 3. The second-order valence-corrected chi connectivity index (χ2v) is 5.40. The Balaban J connectivity index is 2.04. The molecule has 0 bridgehead atoms. The van der Waals surface area contributed by atoms with Gasteiger partial charge in [0.1, 0.15) is 5.75 Å². The molecule has 0 saturated carbocycles. The van der Waals surface area contributed by atoms with E-state index in [9.17, 15) is 0 Å². The van der Waals surface area contributed by atoms with Gasteiger partial charge in [-0.2, -0.15) is 15.0 Å². The van der Waals surface area contributed by atoms with Crippen LogP contribution in [0.15, 0.2) is 30.5 Å². The average Bonchev–Trinajstić information content (AvgIpc) is 2.96. The summed E-state index contributed by atoms with van der Waals surface area (Å²) < 4.78 is 5.21. The summed E-state index contributed by atoms with van der Waals surface area (Å²) in [6.07, 6.45) is 1.82. The highest BCUT2D eigenvalue weighted by Gasteiger charge is 2.16. The normalized spacial score (nSPS) is 12.6. The fourth-order valence-corrected chi connectivity index (χ4v) is 2.33. The standard InChI is InChI=1S/C16H24N4O/c1-5-20-18-11-14(19-20)10-17-16(12(2)3)13-6-8-15(21-4)9-7-13/h6-9,11-12,16-17H,5,10H2,1-4H3/t16-/m0/s1. The van der Waals surface area contributed by atoms with Crippen LogP contribution < -0.4 is 10.1 Å². The molecule has 0 aliphatic heterocycles. The number of rotatable bonds is 7. The van der Waals surface area contributed by atoms with E-state index in [0.717, 1.165) is 24.5 Å². The quantitative estimate of drug-likeness (QED) is 0.851. The lowest BCUT2D eigenvalue weighted by atomic mass is 9.96. The number of nitrogens with one attached hydrogen (secondary N) is 1. The molecule has 0 aliphatic carbocycles. The first-order valence-corrected chi connectivity index (χ1v) is 7.40. The molecule has 1 N–H and O–H groups in total. The second-order valence-electron chi connectivity index (χ2n) is 5.40. The van der Waals surface area contributed by atoms with Crippen LogP contribution in [-0.2, 0) is 13.1 Å². The van der Waals surface area contributed by atoms with Crippen LogP contribution in [0.5, 0.6) is 5.75 Å². The fourth-order valence-electron chi connectivity index (χ4n) is 2.33. The zero-order chi connectivity index (χ0) is 15.2. The zero-order valence-electron chi connectivity index (χ0n) is 13.2. The first-order valence-electron chi connectivity index (χ1n) is 7.40. The Morgan fingerprint density at radius 2 is 1.95 bits per heavy atom. The largest absolute Gasteiger partial charge is 0.497 e. The van der Waals surface area contributed by atoms with E-state index >= 15 is 0 Å². The van der Waals surface area contributed by atoms with Gasteiger partial charge in [0, 0.05) is 12.6 Å². The van der Waals surface area contributed by atoms with Crippen LogP contribution in [0.2, 0.25) is 0 Å². The number of methoxy groups -OCH3 is 1. The Morgan fingerprint density at radius 1 is 1.24 bits per heavy atom. The summed E-state index contributed by atoms with van der Waals surface area (Å²) in [5, 5.41) is 12.2. The Hall–Kier alpha value is -1.88. The smallest absolute Gasteiger partial charge is 0.118 e. The Morgan fingerprint density at radius 3 is 2.48 bits per heavy atom. The van der Waals surface area contributed by atoms with E-state index < -0.39 is 0 Å². The van der Waals surface area contributed by atoms with Crippen molar-refractivity contribution in [2.45, 2.75) is 39.9 Å². The molecule has 0 radical (unpaired) electrons. The summed E-state index contributed by atoms with van der Waals surface area (Å²) in [4.78, 5) is 1.70. The van der Waals surface area contributed by atoms with Crippen molar-refractivity contribution in [3.63, 3.8) is 0 Å². The van der Waals surface area contributed by atoms with Crippen LogP contribution in [0.3, 0.4) is 0 Å².